The Balaban J connectivity index is 2.29. The van der Waals surface area contributed by atoms with Crippen molar-refractivity contribution in [2.24, 2.45) is 0 Å². The summed E-state index contributed by atoms with van der Waals surface area (Å²) >= 11 is 9.22. The van der Waals surface area contributed by atoms with Gasteiger partial charge in [0.1, 0.15) is 23.0 Å². The van der Waals surface area contributed by atoms with Crippen LogP contribution in [0.15, 0.2) is 35.1 Å². The average Bonchev–Trinajstić information content (AvgIpc) is 2.32. The fraction of sp³-hybridized carbons (Fsp3) is 0.0909. The molecule has 0 radical (unpaired) electrons. The van der Waals surface area contributed by atoms with Crippen LogP contribution in [0.3, 0.4) is 0 Å². The van der Waals surface area contributed by atoms with E-state index in [0.29, 0.717) is 11.0 Å². The van der Waals surface area contributed by atoms with Gasteiger partial charge in [0.05, 0.1) is 12.8 Å². The zero-order valence-electron chi connectivity index (χ0n) is 8.95. The maximum Gasteiger partial charge on any atom is 0.135 e. The van der Waals surface area contributed by atoms with Gasteiger partial charge in [-0.25, -0.2) is 9.97 Å². The predicted molar refractivity (Wildman–Crippen MR) is 71.0 cm³/mol. The molecule has 1 aromatic carbocycles. The second-order valence-corrected chi connectivity index (χ2v) is 4.44. The number of nitrogens with zero attached hydrogens (tertiary/aromatic N) is 2. The Morgan fingerprint density at radius 1 is 1.29 bits per heavy atom. The Kier molecular flexibility index (Phi) is 3.81. The highest BCUT2D eigenvalue weighted by molar-refractivity contribution is 9.10. The number of hydrogen-bond donors (Lipinski definition) is 1. The third-order valence-corrected chi connectivity index (χ3v) is 2.97. The molecule has 88 valence electrons. The van der Waals surface area contributed by atoms with Gasteiger partial charge in [-0.05, 0) is 28.1 Å². The number of hydrogen-bond acceptors (Lipinski definition) is 4. The van der Waals surface area contributed by atoms with E-state index < -0.39 is 0 Å². The smallest absolute Gasteiger partial charge is 0.135 e. The molecule has 0 aliphatic heterocycles. The summed E-state index contributed by atoms with van der Waals surface area (Å²) in [6.45, 7) is 0. The topological polar surface area (TPSA) is 47.0 Å². The van der Waals surface area contributed by atoms with Crippen LogP contribution < -0.4 is 10.1 Å². The van der Waals surface area contributed by atoms with E-state index in [2.05, 4.69) is 31.2 Å². The van der Waals surface area contributed by atoms with Crippen LogP contribution in [0.25, 0.3) is 0 Å². The molecule has 0 bridgehead atoms. The number of anilines is 2. The van der Waals surface area contributed by atoms with Crippen molar-refractivity contribution in [3.05, 3.63) is 40.2 Å². The molecule has 17 heavy (non-hydrogen) atoms. The van der Waals surface area contributed by atoms with Gasteiger partial charge in [-0.15, -0.1) is 0 Å². The number of aromatic nitrogens is 2. The lowest BCUT2D eigenvalue weighted by Crippen LogP contribution is -1.95. The molecule has 1 aromatic heterocycles. The van der Waals surface area contributed by atoms with Crippen LogP contribution in [0.5, 0.6) is 5.75 Å². The lowest BCUT2D eigenvalue weighted by atomic mass is 10.3. The molecule has 0 saturated carbocycles. The normalized spacial score (nSPS) is 10.1. The molecule has 1 heterocycles. The maximum absolute atomic E-state index is 5.78. The largest absolute Gasteiger partial charge is 0.497 e. The van der Waals surface area contributed by atoms with Crippen molar-refractivity contribution >= 4 is 39.0 Å². The third kappa shape index (κ3) is 3.08. The van der Waals surface area contributed by atoms with E-state index in [1.165, 1.54) is 6.33 Å². The van der Waals surface area contributed by atoms with E-state index in [9.17, 15) is 0 Å². The summed E-state index contributed by atoms with van der Waals surface area (Å²) < 4.78 is 6.06. The van der Waals surface area contributed by atoms with E-state index in [1.807, 2.05) is 18.2 Å². The molecule has 0 atom stereocenters. The van der Waals surface area contributed by atoms with E-state index in [0.717, 1.165) is 15.9 Å². The molecule has 2 aromatic rings. The Morgan fingerprint density at radius 2 is 2.12 bits per heavy atom. The molecule has 0 saturated heterocycles. The zero-order valence-corrected chi connectivity index (χ0v) is 11.3. The van der Waals surface area contributed by atoms with Crippen LogP contribution in [-0.4, -0.2) is 17.1 Å². The minimum atomic E-state index is 0.390. The Bertz CT molecular complexity index is 536. The van der Waals surface area contributed by atoms with Gasteiger partial charge in [0.2, 0.25) is 0 Å². The molecule has 0 amide bonds. The average molecular weight is 315 g/mol. The standard InChI is InChI=1S/C11H9BrClN3O/c1-17-7-2-3-8(12)9(4-7)16-11-5-10(13)14-6-15-11/h2-6H,1H3,(H,14,15,16). The van der Waals surface area contributed by atoms with Crippen molar-refractivity contribution < 1.29 is 4.74 Å². The van der Waals surface area contributed by atoms with Crippen LogP contribution >= 0.6 is 27.5 Å². The van der Waals surface area contributed by atoms with E-state index in [1.54, 1.807) is 13.2 Å². The molecule has 2 rings (SSSR count). The third-order valence-electron chi connectivity index (χ3n) is 2.07. The van der Waals surface area contributed by atoms with E-state index in [4.69, 9.17) is 16.3 Å². The van der Waals surface area contributed by atoms with E-state index >= 15 is 0 Å². The number of halogens is 2. The highest BCUT2D eigenvalue weighted by Gasteiger charge is 2.04. The van der Waals surface area contributed by atoms with Gasteiger partial charge in [-0.3, -0.25) is 0 Å². The number of nitrogens with one attached hydrogen (secondary N) is 1. The molecular weight excluding hydrogens is 305 g/mol. The molecule has 0 aliphatic carbocycles. The molecule has 0 fully saturated rings. The second-order valence-electron chi connectivity index (χ2n) is 3.20. The Hall–Kier alpha value is -1.33. The summed E-state index contributed by atoms with van der Waals surface area (Å²) in [7, 11) is 1.62. The van der Waals surface area contributed by atoms with Crippen LogP contribution in [-0.2, 0) is 0 Å². The molecular formula is C11H9BrClN3O. The molecule has 0 unspecified atom stereocenters. The lowest BCUT2D eigenvalue weighted by molar-refractivity contribution is 0.415. The number of methoxy groups -OCH3 is 1. The Morgan fingerprint density at radius 3 is 2.82 bits per heavy atom. The summed E-state index contributed by atoms with van der Waals surface area (Å²) in [6.07, 6.45) is 1.40. The summed E-state index contributed by atoms with van der Waals surface area (Å²) in [4.78, 5) is 7.88. The SMILES string of the molecule is COc1ccc(Br)c(Nc2cc(Cl)ncn2)c1. The number of ether oxygens (including phenoxy) is 1. The first-order valence-corrected chi connectivity index (χ1v) is 5.94. The van der Waals surface area contributed by atoms with Crippen molar-refractivity contribution in [3.8, 4) is 5.75 Å². The molecule has 0 spiro atoms. The highest BCUT2D eigenvalue weighted by atomic mass is 79.9. The van der Waals surface area contributed by atoms with Crippen molar-refractivity contribution in [1.82, 2.24) is 9.97 Å². The fourth-order valence-corrected chi connectivity index (χ4v) is 1.76. The molecule has 0 aliphatic rings. The maximum atomic E-state index is 5.78. The number of benzene rings is 1. The van der Waals surface area contributed by atoms with Gasteiger partial charge in [0.25, 0.3) is 0 Å². The first-order chi connectivity index (χ1) is 8.19. The van der Waals surface area contributed by atoms with Crippen molar-refractivity contribution in [2.75, 3.05) is 12.4 Å². The summed E-state index contributed by atoms with van der Waals surface area (Å²) in [5, 5.41) is 3.52. The molecule has 6 heteroatoms. The lowest BCUT2D eigenvalue weighted by Gasteiger charge is -2.09. The number of rotatable bonds is 3. The van der Waals surface area contributed by atoms with Gasteiger partial charge >= 0.3 is 0 Å². The molecule has 1 N–H and O–H groups in total. The Labute approximate surface area is 112 Å². The minimum Gasteiger partial charge on any atom is -0.497 e. The quantitative estimate of drug-likeness (QED) is 0.879. The molecule has 4 nitrogen and oxygen atoms in total. The van der Waals surface area contributed by atoms with Gasteiger partial charge in [0, 0.05) is 16.6 Å². The van der Waals surface area contributed by atoms with E-state index in [-0.39, 0.29) is 0 Å². The zero-order chi connectivity index (χ0) is 12.3. The van der Waals surface area contributed by atoms with Gasteiger partial charge in [0.15, 0.2) is 0 Å². The van der Waals surface area contributed by atoms with Crippen molar-refractivity contribution in [2.45, 2.75) is 0 Å². The van der Waals surface area contributed by atoms with Gasteiger partial charge < -0.3 is 10.1 Å². The first kappa shape index (κ1) is 12.1. The second kappa shape index (κ2) is 5.33. The van der Waals surface area contributed by atoms with Crippen LogP contribution in [0.2, 0.25) is 5.15 Å². The van der Waals surface area contributed by atoms with Crippen LogP contribution in [0.1, 0.15) is 0 Å². The van der Waals surface area contributed by atoms with Crippen molar-refractivity contribution in [1.29, 1.82) is 0 Å². The van der Waals surface area contributed by atoms with Crippen LogP contribution in [0, 0.1) is 0 Å². The van der Waals surface area contributed by atoms with Gasteiger partial charge in [-0.1, -0.05) is 11.6 Å². The minimum absolute atomic E-state index is 0.390. The van der Waals surface area contributed by atoms with Gasteiger partial charge in [-0.2, -0.15) is 0 Å². The van der Waals surface area contributed by atoms with Crippen molar-refractivity contribution in [3.63, 3.8) is 0 Å². The summed E-state index contributed by atoms with van der Waals surface area (Å²) in [5.74, 6) is 1.38. The summed E-state index contributed by atoms with van der Waals surface area (Å²) in [5.41, 5.74) is 0.846. The predicted octanol–water partition coefficient (Wildman–Crippen LogP) is 3.64. The summed E-state index contributed by atoms with van der Waals surface area (Å²) in [6, 6.07) is 7.26. The first-order valence-electron chi connectivity index (χ1n) is 4.77. The fourth-order valence-electron chi connectivity index (χ4n) is 1.27. The monoisotopic (exact) mass is 313 g/mol. The highest BCUT2D eigenvalue weighted by Crippen LogP contribution is 2.29. The van der Waals surface area contributed by atoms with Crippen LogP contribution in [0.4, 0.5) is 11.5 Å².